The zero-order chi connectivity index (χ0) is 17.1. The van der Waals surface area contributed by atoms with Crippen molar-refractivity contribution < 1.29 is 14.1 Å². The quantitative estimate of drug-likeness (QED) is 0.902. The summed E-state index contributed by atoms with van der Waals surface area (Å²) in [7, 11) is 0. The lowest BCUT2D eigenvalue weighted by Crippen LogP contribution is -2.16. The van der Waals surface area contributed by atoms with E-state index in [1.54, 1.807) is 25.1 Å². The fourth-order valence-electron chi connectivity index (χ4n) is 2.34. The summed E-state index contributed by atoms with van der Waals surface area (Å²) in [5, 5.41) is 9.50. The van der Waals surface area contributed by atoms with E-state index in [2.05, 4.69) is 15.8 Å². The Morgan fingerprint density at radius 2 is 1.74 bits per heavy atom. The maximum atomic E-state index is 12.6. The minimum absolute atomic E-state index is 0.0590. The monoisotopic (exact) mass is 315 g/mol. The van der Waals surface area contributed by atoms with Crippen LogP contribution in [0.15, 0.2) is 22.7 Å². The molecular formula is C17H21N3O3. The van der Waals surface area contributed by atoms with Crippen molar-refractivity contribution in [2.75, 3.05) is 10.6 Å². The molecule has 0 bridgehead atoms. The van der Waals surface area contributed by atoms with Crippen LogP contribution in [0.2, 0.25) is 0 Å². The average molecular weight is 315 g/mol. The van der Waals surface area contributed by atoms with Crippen LogP contribution in [0.5, 0.6) is 0 Å². The van der Waals surface area contributed by atoms with Crippen molar-refractivity contribution in [2.24, 2.45) is 0 Å². The van der Waals surface area contributed by atoms with E-state index in [1.807, 2.05) is 20.8 Å². The third-order valence-electron chi connectivity index (χ3n) is 3.53. The second kappa shape index (κ2) is 6.64. The van der Waals surface area contributed by atoms with Gasteiger partial charge in [0.2, 0.25) is 5.91 Å². The molecule has 0 aliphatic carbocycles. The van der Waals surface area contributed by atoms with Gasteiger partial charge in [-0.1, -0.05) is 25.1 Å². The molecule has 2 rings (SSSR count). The Morgan fingerprint density at radius 3 is 2.30 bits per heavy atom. The molecule has 0 saturated heterocycles. The van der Waals surface area contributed by atoms with E-state index >= 15 is 0 Å². The number of carbonyl (C=O) groups is 2. The summed E-state index contributed by atoms with van der Waals surface area (Å²) in [6.45, 7) is 8.91. The SMILES string of the molecule is CC(=O)Nc1cccc(NC(=O)c2c(C)noc2C(C)C)c1C. The Bertz CT molecular complexity index is 748. The fraction of sp³-hybridized carbons (Fsp3) is 0.353. The maximum Gasteiger partial charge on any atom is 0.261 e. The fourth-order valence-corrected chi connectivity index (χ4v) is 2.34. The van der Waals surface area contributed by atoms with Gasteiger partial charge in [-0.25, -0.2) is 0 Å². The van der Waals surface area contributed by atoms with Crippen LogP contribution in [0.1, 0.15) is 54.1 Å². The van der Waals surface area contributed by atoms with Crippen LogP contribution < -0.4 is 10.6 Å². The van der Waals surface area contributed by atoms with Gasteiger partial charge in [0.05, 0.1) is 5.69 Å². The van der Waals surface area contributed by atoms with Gasteiger partial charge < -0.3 is 15.2 Å². The van der Waals surface area contributed by atoms with Crippen molar-refractivity contribution in [1.29, 1.82) is 0 Å². The summed E-state index contributed by atoms with van der Waals surface area (Å²) in [5.74, 6) is 0.198. The molecule has 122 valence electrons. The molecule has 2 N–H and O–H groups in total. The number of nitrogens with zero attached hydrogens (tertiary/aromatic N) is 1. The Labute approximate surface area is 135 Å². The van der Waals surface area contributed by atoms with Crippen LogP contribution in [-0.4, -0.2) is 17.0 Å². The van der Waals surface area contributed by atoms with Gasteiger partial charge in [-0.2, -0.15) is 0 Å². The molecule has 0 spiro atoms. The van der Waals surface area contributed by atoms with Gasteiger partial charge in [0, 0.05) is 24.2 Å². The van der Waals surface area contributed by atoms with Gasteiger partial charge >= 0.3 is 0 Å². The van der Waals surface area contributed by atoms with Crippen LogP contribution in [-0.2, 0) is 4.79 Å². The number of hydrogen-bond acceptors (Lipinski definition) is 4. The number of aryl methyl sites for hydroxylation is 1. The summed E-state index contributed by atoms with van der Waals surface area (Å²) < 4.78 is 5.25. The normalized spacial score (nSPS) is 10.7. The van der Waals surface area contributed by atoms with Crippen LogP contribution in [0.4, 0.5) is 11.4 Å². The molecule has 2 aromatic rings. The maximum absolute atomic E-state index is 12.6. The molecule has 6 heteroatoms. The molecule has 0 radical (unpaired) electrons. The summed E-state index contributed by atoms with van der Waals surface area (Å²) in [4.78, 5) is 23.8. The molecule has 0 unspecified atom stereocenters. The first kappa shape index (κ1) is 16.7. The van der Waals surface area contributed by atoms with Crippen molar-refractivity contribution in [3.8, 4) is 0 Å². The first-order valence-electron chi connectivity index (χ1n) is 7.46. The topological polar surface area (TPSA) is 84.2 Å². The molecule has 1 aromatic heterocycles. The van der Waals surface area contributed by atoms with Gasteiger partial charge in [-0.15, -0.1) is 0 Å². The molecule has 2 amide bonds. The Hall–Kier alpha value is -2.63. The lowest BCUT2D eigenvalue weighted by molar-refractivity contribution is -0.114. The van der Waals surface area contributed by atoms with Crippen LogP contribution in [0.25, 0.3) is 0 Å². The minimum atomic E-state index is -0.268. The Kier molecular flexibility index (Phi) is 4.83. The summed E-state index contributed by atoms with van der Waals surface area (Å²) in [5.41, 5.74) is 3.11. The molecule has 0 fully saturated rings. The zero-order valence-electron chi connectivity index (χ0n) is 14.0. The van der Waals surface area contributed by atoms with Crippen LogP contribution in [0, 0.1) is 13.8 Å². The van der Waals surface area contributed by atoms with Gasteiger partial charge in [0.25, 0.3) is 5.91 Å². The lowest BCUT2D eigenvalue weighted by atomic mass is 10.0. The Balaban J connectivity index is 2.31. The average Bonchev–Trinajstić information content (AvgIpc) is 2.85. The molecule has 0 aliphatic rings. The second-order valence-corrected chi connectivity index (χ2v) is 5.78. The molecule has 0 aliphatic heterocycles. The smallest absolute Gasteiger partial charge is 0.261 e. The molecule has 0 saturated carbocycles. The van der Waals surface area contributed by atoms with E-state index in [0.717, 1.165) is 5.56 Å². The molecule has 23 heavy (non-hydrogen) atoms. The summed E-state index contributed by atoms with van der Waals surface area (Å²) >= 11 is 0. The first-order valence-corrected chi connectivity index (χ1v) is 7.46. The van der Waals surface area contributed by atoms with E-state index in [1.165, 1.54) is 6.92 Å². The number of nitrogens with one attached hydrogen (secondary N) is 2. The van der Waals surface area contributed by atoms with Crippen molar-refractivity contribution >= 4 is 23.2 Å². The van der Waals surface area contributed by atoms with E-state index in [9.17, 15) is 9.59 Å². The van der Waals surface area contributed by atoms with Crippen LogP contribution >= 0.6 is 0 Å². The minimum Gasteiger partial charge on any atom is -0.360 e. The van der Waals surface area contributed by atoms with Gasteiger partial charge in [-0.05, 0) is 31.5 Å². The zero-order valence-corrected chi connectivity index (χ0v) is 14.0. The number of anilines is 2. The molecule has 1 aromatic carbocycles. The van der Waals surface area contributed by atoms with Crippen LogP contribution in [0.3, 0.4) is 0 Å². The van der Waals surface area contributed by atoms with E-state index in [4.69, 9.17) is 4.52 Å². The highest BCUT2D eigenvalue weighted by atomic mass is 16.5. The molecule has 6 nitrogen and oxygen atoms in total. The number of hydrogen-bond donors (Lipinski definition) is 2. The number of rotatable bonds is 4. The molecular weight excluding hydrogens is 294 g/mol. The third-order valence-corrected chi connectivity index (χ3v) is 3.53. The summed E-state index contributed by atoms with van der Waals surface area (Å²) in [6, 6.07) is 5.35. The molecule has 0 atom stereocenters. The first-order chi connectivity index (χ1) is 10.8. The molecule has 1 heterocycles. The lowest BCUT2D eigenvalue weighted by Gasteiger charge is -2.13. The highest BCUT2D eigenvalue weighted by Crippen LogP contribution is 2.26. The Morgan fingerprint density at radius 1 is 1.13 bits per heavy atom. The number of aromatic nitrogens is 1. The third kappa shape index (κ3) is 3.59. The number of benzene rings is 1. The largest absolute Gasteiger partial charge is 0.360 e. The van der Waals surface area contributed by atoms with E-state index < -0.39 is 0 Å². The highest BCUT2D eigenvalue weighted by Gasteiger charge is 2.23. The number of amides is 2. The standard InChI is InChI=1S/C17H21N3O3/c1-9(2)16-15(11(4)20-23-16)17(22)19-14-8-6-7-13(10(14)3)18-12(5)21/h6-9H,1-5H3,(H,18,21)(H,19,22). The van der Waals surface area contributed by atoms with Crippen molar-refractivity contribution in [3.63, 3.8) is 0 Å². The predicted octanol–water partition coefficient (Wildman–Crippen LogP) is 3.63. The second-order valence-electron chi connectivity index (χ2n) is 5.78. The van der Waals surface area contributed by atoms with Gasteiger partial charge in [0.15, 0.2) is 5.76 Å². The van der Waals surface area contributed by atoms with E-state index in [-0.39, 0.29) is 17.7 Å². The number of carbonyl (C=O) groups excluding carboxylic acids is 2. The van der Waals surface area contributed by atoms with Crippen molar-refractivity contribution in [2.45, 2.75) is 40.5 Å². The van der Waals surface area contributed by atoms with Crippen molar-refractivity contribution in [1.82, 2.24) is 5.16 Å². The highest BCUT2D eigenvalue weighted by molar-refractivity contribution is 6.06. The van der Waals surface area contributed by atoms with E-state index in [0.29, 0.717) is 28.4 Å². The summed E-state index contributed by atoms with van der Waals surface area (Å²) in [6.07, 6.45) is 0. The van der Waals surface area contributed by atoms with Gasteiger partial charge in [-0.3, -0.25) is 9.59 Å². The van der Waals surface area contributed by atoms with Gasteiger partial charge in [0.1, 0.15) is 5.56 Å². The predicted molar refractivity (Wildman–Crippen MR) is 88.8 cm³/mol. The van der Waals surface area contributed by atoms with Crippen molar-refractivity contribution in [3.05, 3.63) is 40.8 Å².